The molecule has 3 aromatic rings. The Morgan fingerprint density at radius 3 is 2.34 bits per heavy atom. The molecule has 1 amide bonds. The summed E-state index contributed by atoms with van der Waals surface area (Å²) >= 11 is 6.24. The Bertz CT molecular complexity index is 1340. The number of piperidine rings is 1. The van der Waals surface area contributed by atoms with Crippen molar-refractivity contribution < 1.29 is 17.9 Å². The van der Waals surface area contributed by atoms with Gasteiger partial charge in [0.25, 0.3) is 10.0 Å². The third kappa shape index (κ3) is 5.23. The van der Waals surface area contributed by atoms with Crippen molar-refractivity contribution in [2.24, 2.45) is 0 Å². The molecule has 35 heavy (non-hydrogen) atoms. The van der Waals surface area contributed by atoms with E-state index in [1.807, 2.05) is 27.7 Å². The number of amides is 1. The summed E-state index contributed by atoms with van der Waals surface area (Å²) in [5.41, 5.74) is 0.643. The lowest BCUT2D eigenvalue weighted by Crippen LogP contribution is -2.47. The summed E-state index contributed by atoms with van der Waals surface area (Å²) < 4.78 is 33.2. The number of aryl methyl sites for hydroxylation is 1. The maximum absolute atomic E-state index is 13.3. The van der Waals surface area contributed by atoms with Gasteiger partial charge in [-0.2, -0.15) is 9.97 Å². The van der Waals surface area contributed by atoms with Crippen molar-refractivity contribution in [1.82, 2.24) is 18.8 Å². The molecule has 4 rings (SSSR count). The molecule has 0 N–H and O–H groups in total. The van der Waals surface area contributed by atoms with Gasteiger partial charge < -0.3 is 14.5 Å². The standard InChI is InChI=1S/C24H30ClN5O4S/c1-16-6-8-18(9-7-16)35(32,33)30-15-12-19-20(26-22(25)27-21(19)30)29-13-10-17(11-14-29)28(5)23(31)34-24(2,3)4/h6-9,12,15,17H,10-11,13-14H2,1-5H3. The number of fused-ring (bicyclic) bond motifs is 1. The predicted octanol–water partition coefficient (Wildman–Crippen LogP) is 4.47. The first-order chi connectivity index (χ1) is 16.4. The van der Waals surface area contributed by atoms with Crippen LogP contribution in [-0.2, 0) is 14.8 Å². The van der Waals surface area contributed by atoms with Crippen molar-refractivity contribution >= 4 is 44.6 Å². The van der Waals surface area contributed by atoms with E-state index in [4.69, 9.17) is 16.3 Å². The van der Waals surface area contributed by atoms with Gasteiger partial charge in [-0.1, -0.05) is 17.7 Å². The summed E-state index contributed by atoms with van der Waals surface area (Å²) in [6, 6.07) is 8.39. The Morgan fingerprint density at radius 1 is 1.11 bits per heavy atom. The molecule has 1 aliphatic rings. The average molecular weight is 520 g/mol. The quantitative estimate of drug-likeness (QED) is 0.469. The van der Waals surface area contributed by atoms with Gasteiger partial charge in [0.1, 0.15) is 11.4 Å². The summed E-state index contributed by atoms with van der Waals surface area (Å²) in [5.74, 6) is 0.580. The van der Waals surface area contributed by atoms with Crippen LogP contribution < -0.4 is 4.90 Å². The minimum absolute atomic E-state index is 0.0282. The summed E-state index contributed by atoms with van der Waals surface area (Å²) in [6.07, 6.45) is 2.56. The number of halogens is 1. The number of aromatic nitrogens is 3. The summed E-state index contributed by atoms with van der Waals surface area (Å²) in [7, 11) is -2.10. The van der Waals surface area contributed by atoms with Crippen LogP contribution in [0, 0.1) is 6.92 Å². The van der Waals surface area contributed by atoms with Crippen LogP contribution in [0.25, 0.3) is 11.0 Å². The Morgan fingerprint density at radius 2 is 1.74 bits per heavy atom. The van der Waals surface area contributed by atoms with Crippen molar-refractivity contribution in [3.8, 4) is 0 Å². The molecule has 0 saturated carbocycles. The molecule has 0 bridgehead atoms. The smallest absolute Gasteiger partial charge is 0.410 e. The Balaban J connectivity index is 1.58. The number of hydrogen-bond donors (Lipinski definition) is 0. The van der Waals surface area contributed by atoms with E-state index in [-0.39, 0.29) is 28.0 Å². The van der Waals surface area contributed by atoms with E-state index in [0.29, 0.717) is 37.1 Å². The largest absolute Gasteiger partial charge is 0.444 e. The Kier molecular flexibility index (Phi) is 6.72. The predicted molar refractivity (Wildman–Crippen MR) is 136 cm³/mol. The van der Waals surface area contributed by atoms with Crippen LogP contribution in [0.4, 0.5) is 10.6 Å². The van der Waals surface area contributed by atoms with Gasteiger partial charge in [0, 0.05) is 32.4 Å². The zero-order chi connectivity index (χ0) is 25.5. The van der Waals surface area contributed by atoms with Gasteiger partial charge >= 0.3 is 6.09 Å². The zero-order valence-electron chi connectivity index (χ0n) is 20.5. The molecule has 9 nitrogen and oxygen atoms in total. The number of ether oxygens (including phenoxy) is 1. The molecule has 3 heterocycles. The van der Waals surface area contributed by atoms with E-state index in [9.17, 15) is 13.2 Å². The molecule has 1 aromatic carbocycles. The molecule has 1 saturated heterocycles. The number of rotatable bonds is 4. The van der Waals surface area contributed by atoms with Gasteiger partial charge in [0.15, 0.2) is 5.65 Å². The molecule has 188 valence electrons. The lowest BCUT2D eigenvalue weighted by atomic mass is 10.0. The highest BCUT2D eigenvalue weighted by atomic mass is 35.5. The lowest BCUT2D eigenvalue weighted by Gasteiger charge is -2.37. The number of benzene rings is 1. The van der Waals surface area contributed by atoms with E-state index in [2.05, 4.69) is 14.9 Å². The van der Waals surface area contributed by atoms with Crippen LogP contribution in [0.2, 0.25) is 5.28 Å². The maximum Gasteiger partial charge on any atom is 0.410 e. The summed E-state index contributed by atoms with van der Waals surface area (Å²) in [4.78, 5) is 25.0. The van der Waals surface area contributed by atoms with Gasteiger partial charge in [0.05, 0.1) is 10.3 Å². The highest BCUT2D eigenvalue weighted by molar-refractivity contribution is 7.90. The van der Waals surface area contributed by atoms with E-state index in [1.165, 1.54) is 6.20 Å². The van der Waals surface area contributed by atoms with Gasteiger partial charge in [0.2, 0.25) is 5.28 Å². The van der Waals surface area contributed by atoms with Gasteiger partial charge in [-0.05, 0) is 70.3 Å². The first-order valence-electron chi connectivity index (χ1n) is 11.4. The van der Waals surface area contributed by atoms with Gasteiger partial charge in [-0.3, -0.25) is 0 Å². The molecule has 0 radical (unpaired) electrons. The zero-order valence-corrected chi connectivity index (χ0v) is 22.1. The van der Waals surface area contributed by atoms with E-state index in [1.54, 1.807) is 42.3 Å². The molecule has 1 aliphatic heterocycles. The second kappa shape index (κ2) is 9.31. The van der Waals surface area contributed by atoms with Crippen LogP contribution in [0.1, 0.15) is 39.2 Å². The number of hydrogen-bond acceptors (Lipinski definition) is 7. The summed E-state index contributed by atoms with van der Waals surface area (Å²) in [5, 5.41) is 0.573. The highest BCUT2D eigenvalue weighted by Crippen LogP contribution is 2.31. The van der Waals surface area contributed by atoms with Crippen LogP contribution in [-0.4, -0.2) is 65.1 Å². The molecule has 11 heteroatoms. The number of anilines is 1. The molecule has 2 aromatic heterocycles. The topological polar surface area (TPSA) is 97.6 Å². The minimum atomic E-state index is -3.86. The SMILES string of the molecule is Cc1ccc(S(=O)(=O)n2ccc3c(N4CCC(N(C)C(=O)OC(C)(C)C)CC4)nc(Cl)nc32)cc1. The van der Waals surface area contributed by atoms with Crippen molar-refractivity contribution in [1.29, 1.82) is 0 Å². The van der Waals surface area contributed by atoms with Crippen molar-refractivity contribution in [2.75, 3.05) is 25.0 Å². The number of carbonyl (C=O) groups excluding carboxylic acids is 1. The third-order valence-electron chi connectivity index (χ3n) is 6.03. The fraction of sp³-hybridized carbons (Fsp3) is 0.458. The molecule has 0 atom stereocenters. The van der Waals surface area contributed by atoms with E-state index >= 15 is 0 Å². The number of carbonyl (C=O) groups is 1. The van der Waals surface area contributed by atoms with E-state index in [0.717, 1.165) is 9.54 Å². The maximum atomic E-state index is 13.3. The number of nitrogens with zero attached hydrogens (tertiary/aromatic N) is 5. The molecule has 1 fully saturated rings. The normalized spacial score (nSPS) is 15.4. The average Bonchev–Trinajstić information content (AvgIpc) is 3.22. The fourth-order valence-electron chi connectivity index (χ4n) is 4.16. The lowest BCUT2D eigenvalue weighted by molar-refractivity contribution is 0.0201. The van der Waals surface area contributed by atoms with Crippen LogP contribution in [0.15, 0.2) is 41.4 Å². The Labute approximate surface area is 210 Å². The fourth-order valence-corrected chi connectivity index (χ4v) is 5.61. The molecular formula is C24H30ClN5O4S. The second-order valence-electron chi connectivity index (χ2n) is 9.79. The van der Waals surface area contributed by atoms with Gasteiger partial charge in [-0.15, -0.1) is 0 Å². The van der Waals surface area contributed by atoms with Crippen LogP contribution in [0.3, 0.4) is 0 Å². The summed E-state index contributed by atoms with van der Waals surface area (Å²) in [6.45, 7) is 8.67. The monoisotopic (exact) mass is 519 g/mol. The molecule has 0 unspecified atom stereocenters. The second-order valence-corrected chi connectivity index (χ2v) is 11.9. The van der Waals surface area contributed by atoms with Crippen molar-refractivity contribution in [3.05, 3.63) is 47.4 Å². The molecule has 0 aliphatic carbocycles. The van der Waals surface area contributed by atoms with Crippen molar-refractivity contribution in [3.63, 3.8) is 0 Å². The highest BCUT2D eigenvalue weighted by Gasteiger charge is 2.30. The third-order valence-corrected chi connectivity index (χ3v) is 7.88. The van der Waals surface area contributed by atoms with Crippen molar-refractivity contribution in [2.45, 2.75) is 57.1 Å². The molecular weight excluding hydrogens is 490 g/mol. The first-order valence-corrected chi connectivity index (χ1v) is 13.3. The van der Waals surface area contributed by atoms with Crippen LogP contribution >= 0.6 is 11.6 Å². The minimum Gasteiger partial charge on any atom is -0.444 e. The van der Waals surface area contributed by atoms with E-state index < -0.39 is 15.6 Å². The molecule has 0 spiro atoms. The van der Waals surface area contributed by atoms with Gasteiger partial charge in [-0.25, -0.2) is 17.2 Å². The first kappa shape index (κ1) is 25.2. The van der Waals surface area contributed by atoms with Crippen LogP contribution in [0.5, 0.6) is 0 Å². The Hall–Kier alpha value is -2.85.